The van der Waals surface area contributed by atoms with Crippen molar-refractivity contribution < 1.29 is 18.0 Å². The van der Waals surface area contributed by atoms with Gasteiger partial charge in [-0.3, -0.25) is 4.79 Å². The summed E-state index contributed by atoms with van der Waals surface area (Å²) in [6, 6.07) is 5.49. The van der Waals surface area contributed by atoms with Crippen molar-refractivity contribution in [2.24, 2.45) is 11.7 Å². The summed E-state index contributed by atoms with van der Waals surface area (Å²) < 4.78 is 36.7. The number of carbonyl (C=O) groups is 1. The van der Waals surface area contributed by atoms with E-state index in [0.29, 0.717) is 5.69 Å². The van der Waals surface area contributed by atoms with E-state index >= 15 is 0 Å². The van der Waals surface area contributed by atoms with Gasteiger partial charge < -0.3 is 11.1 Å². The van der Waals surface area contributed by atoms with Crippen molar-refractivity contribution in [3.63, 3.8) is 0 Å². The van der Waals surface area contributed by atoms with Crippen LogP contribution in [0.1, 0.15) is 25.7 Å². The van der Waals surface area contributed by atoms with E-state index in [1.54, 1.807) is 0 Å². The van der Waals surface area contributed by atoms with Gasteiger partial charge in [0.25, 0.3) is 0 Å². The van der Waals surface area contributed by atoms with Crippen LogP contribution in [-0.2, 0) is 4.79 Å². The number of nitrogens with one attached hydrogen (secondary N) is 1. The number of thioether (sulfide) groups is 1. The zero-order chi connectivity index (χ0) is 15.5. The van der Waals surface area contributed by atoms with Crippen molar-refractivity contribution in [1.82, 2.24) is 0 Å². The van der Waals surface area contributed by atoms with Gasteiger partial charge in [-0.1, -0.05) is 12.8 Å². The number of anilines is 1. The number of alkyl halides is 3. The molecule has 7 heteroatoms. The van der Waals surface area contributed by atoms with Gasteiger partial charge in [-0.2, -0.15) is 13.2 Å². The Kier molecular flexibility index (Phi) is 5.16. The molecule has 1 fully saturated rings. The van der Waals surface area contributed by atoms with E-state index in [0.717, 1.165) is 25.7 Å². The third kappa shape index (κ3) is 4.93. The molecule has 21 heavy (non-hydrogen) atoms. The molecule has 0 bridgehead atoms. The van der Waals surface area contributed by atoms with Gasteiger partial charge in [0.2, 0.25) is 5.91 Å². The van der Waals surface area contributed by atoms with Crippen LogP contribution >= 0.6 is 11.8 Å². The number of halogens is 3. The summed E-state index contributed by atoms with van der Waals surface area (Å²) in [5.41, 5.74) is 2.12. The highest BCUT2D eigenvalue weighted by molar-refractivity contribution is 8.00. The van der Waals surface area contributed by atoms with Crippen molar-refractivity contribution in [2.75, 3.05) is 5.32 Å². The van der Waals surface area contributed by atoms with Gasteiger partial charge in [-0.15, -0.1) is 0 Å². The van der Waals surface area contributed by atoms with E-state index < -0.39 is 5.51 Å². The number of amides is 1. The first kappa shape index (κ1) is 16.2. The molecule has 0 saturated heterocycles. The SMILES string of the molecule is NC1CCCCC1C(=O)Nc1ccc(SC(F)(F)F)cc1. The average Bonchev–Trinajstić information content (AvgIpc) is 2.40. The Hall–Kier alpha value is -1.21. The highest BCUT2D eigenvalue weighted by Crippen LogP contribution is 2.37. The normalized spacial score (nSPS) is 22.9. The van der Waals surface area contributed by atoms with Crippen LogP contribution < -0.4 is 11.1 Å². The molecular weight excluding hydrogens is 301 g/mol. The largest absolute Gasteiger partial charge is 0.446 e. The molecule has 1 aliphatic rings. The highest BCUT2D eigenvalue weighted by atomic mass is 32.2. The Balaban J connectivity index is 1.95. The van der Waals surface area contributed by atoms with Crippen molar-refractivity contribution in [3.8, 4) is 0 Å². The first-order valence-electron chi connectivity index (χ1n) is 6.77. The smallest absolute Gasteiger partial charge is 0.327 e. The number of benzene rings is 1. The van der Waals surface area contributed by atoms with E-state index in [4.69, 9.17) is 5.73 Å². The summed E-state index contributed by atoms with van der Waals surface area (Å²) in [5.74, 6) is -0.374. The topological polar surface area (TPSA) is 55.1 Å². The van der Waals surface area contributed by atoms with Crippen LogP contribution in [0.5, 0.6) is 0 Å². The Morgan fingerprint density at radius 1 is 1.19 bits per heavy atom. The zero-order valence-electron chi connectivity index (χ0n) is 11.3. The summed E-state index contributed by atoms with van der Waals surface area (Å²) >= 11 is -0.176. The van der Waals surface area contributed by atoms with Crippen LogP contribution in [0.25, 0.3) is 0 Å². The zero-order valence-corrected chi connectivity index (χ0v) is 12.1. The molecule has 2 rings (SSSR count). The second-order valence-corrected chi connectivity index (χ2v) is 6.25. The maximum Gasteiger partial charge on any atom is 0.446 e. The minimum absolute atomic E-state index is 0.0925. The lowest BCUT2D eigenvalue weighted by atomic mass is 9.84. The maximum absolute atomic E-state index is 12.2. The fourth-order valence-corrected chi connectivity index (χ4v) is 3.00. The molecule has 0 aliphatic heterocycles. The molecule has 1 aromatic carbocycles. The minimum atomic E-state index is -4.31. The van der Waals surface area contributed by atoms with E-state index in [9.17, 15) is 18.0 Å². The van der Waals surface area contributed by atoms with Crippen molar-refractivity contribution in [1.29, 1.82) is 0 Å². The van der Waals surface area contributed by atoms with E-state index in [-0.39, 0.29) is 34.5 Å². The molecule has 116 valence electrons. The standard InChI is InChI=1S/C14H17F3N2OS/c15-14(16,17)21-10-7-5-9(6-8-10)19-13(20)11-3-1-2-4-12(11)18/h5-8,11-12H,1-4,18H2,(H,19,20). The number of hydrogen-bond donors (Lipinski definition) is 2. The van der Waals surface area contributed by atoms with Crippen LogP contribution in [0, 0.1) is 5.92 Å². The molecule has 0 radical (unpaired) electrons. The van der Waals surface area contributed by atoms with Crippen molar-refractivity contribution in [3.05, 3.63) is 24.3 Å². The molecule has 0 heterocycles. The predicted octanol–water partition coefficient (Wildman–Crippen LogP) is 3.75. The maximum atomic E-state index is 12.2. The first-order chi connectivity index (χ1) is 9.85. The van der Waals surface area contributed by atoms with Crippen LogP contribution in [0.4, 0.5) is 18.9 Å². The van der Waals surface area contributed by atoms with Gasteiger partial charge in [-0.05, 0) is 48.9 Å². The molecule has 1 aromatic rings. The van der Waals surface area contributed by atoms with Gasteiger partial charge in [0, 0.05) is 16.6 Å². The Labute approximate surface area is 125 Å². The van der Waals surface area contributed by atoms with E-state index in [1.165, 1.54) is 24.3 Å². The Morgan fingerprint density at radius 2 is 1.81 bits per heavy atom. The number of hydrogen-bond acceptors (Lipinski definition) is 3. The predicted molar refractivity (Wildman–Crippen MR) is 76.9 cm³/mol. The van der Waals surface area contributed by atoms with Gasteiger partial charge >= 0.3 is 5.51 Å². The first-order valence-corrected chi connectivity index (χ1v) is 7.59. The van der Waals surface area contributed by atoms with Crippen molar-refractivity contribution in [2.45, 2.75) is 42.1 Å². The molecule has 0 spiro atoms. The molecule has 2 atom stereocenters. The number of rotatable bonds is 3. The lowest BCUT2D eigenvalue weighted by molar-refractivity contribution is -0.121. The second-order valence-electron chi connectivity index (χ2n) is 5.12. The third-order valence-electron chi connectivity index (χ3n) is 3.51. The molecule has 3 N–H and O–H groups in total. The molecule has 0 aromatic heterocycles. The van der Waals surface area contributed by atoms with Crippen LogP contribution in [0.3, 0.4) is 0 Å². The third-order valence-corrected chi connectivity index (χ3v) is 4.25. The second kappa shape index (κ2) is 6.70. The average molecular weight is 318 g/mol. The quantitative estimate of drug-likeness (QED) is 0.835. The van der Waals surface area contributed by atoms with Crippen LogP contribution in [0.2, 0.25) is 0 Å². The molecular formula is C14H17F3N2OS. The Morgan fingerprint density at radius 3 is 2.38 bits per heavy atom. The summed E-state index contributed by atoms with van der Waals surface area (Å²) in [6.07, 6.45) is 3.61. The van der Waals surface area contributed by atoms with E-state index in [1.807, 2.05) is 0 Å². The highest BCUT2D eigenvalue weighted by Gasteiger charge is 2.30. The summed E-state index contributed by atoms with van der Waals surface area (Å²) in [7, 11) is 0. The van der Waals surface area contributed by atoms with E-state index in [2.05, 4.69) is 5.32 Å². The lowest BCUT2D eigenvalue weighted by Crippen LogP contribution is -2.40. The molecule has 3 nitrogen and oxygen atoms in total. The van der Waals surface area contributed by atoms with Crippen LogP contribution in [0.15, 0.2) is 29.2 Å². The van der Waals surface area contributed by atoms with Gasteiger partial charge in [0.15, 0.2) is 0 Å². The monoisotopic (exact) mass is 318 g/mol. The molecule has 1 saturated carbocycles. The molecule has 1 amide bonds. The van der Waals surface area contributed by atoms with Crippen LogP contribution in [-0.4, -0.2) is 17.5 Å². The lowest BCUT2D eigenvalue weighted by Gasteiger charge is -2.27. The molecule has 1 aliphatic carbocycles. The number of carbonyl (C=O) groups excluding carboxylic acids is 1. The van der Waals surface area contributed by atoms with Gasteiger partial charge in [0.05, 0.1) is 5.92 Å². The van der Waals surface area contributed by atoms with Gasteiger partial charge in [0.1, 0.15) is 0 Å². The summed E-state index contributed by atoms with van der Waals surface area (Å²) in [5, 5.41) is 2.72. The summed E-state index contributed by atoms with van der Waals surface area (Å²) in [6.45, 7) is 0. The summed E-state index contributed by atoms with van der Waals surface area (Å²) in [4.78, 5) is 12.2. The van der Waals surface area contributed by atoms with Crippen molar-refractivity contribution >= 4 is 23.4 Å². The van der Waals surface area contributed by atoms with Gasteiger partial charge in [-0.25, -0.2) is 0 Å². The Bertz CT molecular complexity index is 490. The fraction of sp³-hybridized carbons (Fsp3) is 0.500. The number of nitrogens with two attached hydrogens (primary N) is 1. The minimum Gasteiger partial charge on any atom is -0.327 e. The molecule has 2 unspecified atom stereocenters. The fourth-order valence-electron chi connectivity index (χ4n) is 2.46.